The number of rotatable bonds is 4. The number of aromatic nitrogens is 2. The van der Waals surface area contributed by atoms with Crippen molar-refractivity contribution in [3.05, 3.63) is 93.7 Å². The Morgan fingerprint density at radius 1 is 1.03 bits per heavy atom. The molecule has 1 unspecified atom stereocenters. The van der Waals surface area contributed by atoms with Crippen molar-refractivity contribution >= 4 is 45.8 Å². The van der Waals surface area contributed by atoms with Gasteiger partial charge in [0.1, 0.15) is 5.82 Å². The fourth-order valence-corrected chi connectivity index (χ4v) is 4.84. The Kier molecular flexibility index (Phi) is 5.20. The van der Waals surface area contributed by atoms with Crippen LogP contribution in [0.3, 0.4) is 0 Å². The average Bonchev–Trinajstić information content (AvgIpc) is 3.31. The van der Waals surface area contributed by atoms with Crippen LogP contribution < -0.4 is 4.90 Å². The minimum absolute atomic E-state index is 0.00517. The number of fused-ring (bicyclic) bond motifs is 1. The molecule has 3 aromatic carbocycles. The molecule has 4 aromatic rings. The molecule has 0 spiro atoms. The van der Waals surface area contributed by atoms with Gasteiger partial charge >= 0.3 is 0 Å². The highest BCUT2D eigenvalue weighted by atomic mass is 35.5. The van der Waals surface area contributed by atoms with Crippen LogP contribution in [0.4, 0.5) is 5.69 Å². The van der Waals surface area contributed by atoms with Gasteiger partial charge in [-0.15, -0.1) is 0 Å². The van der Waals surface area contributed by atoms with Gasteiger partial charge in [-0.3, -0.25) is 4.79 Å². The summed E-state index contributed by atoms with van der Waals surface area (Å²) in [6.07, 6.45) is 0.437. The van der Waals surface area contributed by atoms with Crippen LogP contribution in [0, 0.1) is 6.92 Å². The van der Waals surface area contributed by atoms with E-state index >= 15 is 0 Å². The van der Waals surface area contributed by atoms with Crippen molar-refractivity contribution < 1.29 is 4.79 Å². The molecule has 0 radical (unpaired) electrons. The van der Waals surface area contributed by atoms with Gasteiger partial charge in [0.15, 0.2) is 0 Å². The summed E-state index contributed by atoms with van der Waals surface area (Å²) >= 11 is 12.6. The summed E-state index contributed by atoms with van der Waals surface area (Å²) < 4.78 is 2.18. The van der Waals surface area contributed by atoms with Gasteiger partial charge in [-0.05, 0) is 48.4 Å². The zero-order valence-corrected chi connectivity index (χ0v) is 18.6. The molecule has 5 rings (SSSR count). The van der Waals surface area contributed by atoms with Gasteiger partial charge in [-0.25, -0.2) is 4.98 Å². The maximum atomic E-state index is 12.9. The number of anilines is 1. The molecular weight excluding hydrogens is 429 g/mol. The van der Waals surface area contributed by atoms with Crippen LogP contribution in [0.25, 0.3) is 11.0 Å². The van der Waals surface area contributed by atoms with E-state index in [9.17, 15) is 4.79 Å². The minimum Gasteiger partial charge on any atom is -0.323 e. The highest BCUT2D eigenvalue weighted by Gasteiger charge is 2.35. The molecule has 2 heterocycles. The van der Waals surface area contributed by atoms with Gasteiger partial charge < -0.3 is 9.47 Å². The fourth-order valence-electron chi connectivity index (χ4n) is 4.37. The summed E-state index contributed by atoms with van der Waals surface area (Å²) in [4.78, 5) is 19.8. The van der Waals surface area contributed by atoms with Crippen molar-refractivity contribution in [1.82, 2.24) is 9.55 Å². The monoisotopic (exact) mass is 449 g/mol. The second-order valence-electron chi connectivity index (χ2n) is 7.97. The number of para-hydroxylation sites is 3. The minimum atomic E-state index is 0.00517. The lowest BCUT2D eigenvalue weighted by atomic mass is 10.1. The Morgan fingerprint density at radius 3 is 2.61 bits per heavy atom. The first-order valence-electron chi connectivity index (χ1n) is 10.3. The first-order valence-corrected chi connectivity index (χ1v) is 11.0. The third kappa shape index (κ3) is 3.71. The molecule has 156 valence electrons. The van der Waals surface area contributed by atoms with Crippen LogP contribution in [0.1, 0.15) is 29.3 Å². The van der Waals surface area contributed by atoms with Crippen molar-refractivity contribution in [2.24, 2.45) is 0 Å². The quantitative estimate of drug-likeness (QED) is 0.370. The standard InChI is InChI=1S/C25H21Cl2N3O/c1-16-6-2-4-8-22(16)29-15-18(12-24(29)31)25-28-21-7-3-5-9-23(21)30(25)14-17-10-11-19(26)13-20(17)27/h2-11,13,18H,12,14-15H2,1H3. The number of aryl methyl sites for hydroxylation is 1. The number of amides is 1. The second-order valence-corrected chi connectivity index (χ2v) is 8.82. The smallest absolute Gasteiger partial charge is 0.227 e. The predicted octanol–water partition coefficient (Wildman–Crippen LogP) is 6.22. The molecule has 0 N–H and O–H groups in total. The lowest BCUT2D eigenvalue weighted by Gasteiger charge is -2.19. The summed E-state index contributed by atoms with van der Waals surface area (Å²) in [7, 11) is 0. The van der Waals surface area contributed by atoms with Crippen LogP contribution >= 0.6 is 23.2 Å². The fraction of sp³-hybridized carbons (Fsp3) is 0.200. The van der Waals surface area contributed by atoms with Crippen molar-refractivity contribution in [2.45, 2.75) is 25.8 Å². The molecule has 0 aliphatic carbocycles. The third-order valence-corrected chi connectivity index (χ3v) is 6.51. The van der Waals surface area contributed by atoms with Crippen molar-refractivity contribution in [3.63, 3.8) is 0 Å². The van der Waals surface area contributed by atoms with E-state index in [1.54, 1.807) is 6.07 Å². The van der Waals surface area contributed by atoms with Crippen molar-refractivity contribution in [3.8, 4) is 0 Å². The molecule has 1 amide bonds. The molecule has 4 nitrogen and oxygen atoms in total. The number of carbonyl (C=O) groups is 1. The highest BCUT2D eigenvalue weighted by molar-refractivity contribution is 6.35. The van der Waals surface area contributed by atoms with E-state index in [-0.39, 0.29) is 11.8 Å². The summed E-state index contributed by atoms with van der Waals surface area (Å²) in [6, 6.07) is 21.6. The number of carbonyl (C=O) groups excluding carboxylic acids is 1. The largest absolute Gasteiger partial charge is 0.323 e. The van der Waals surface area contributed by atoms with E-state index in [0.29, 0.717) is 29.6 Å². The van der Waals surface area contributed by atoms with E-state index < -0.39 is 0 Å². The van der Waals surface area contributed by atoms with E-state index in [4.69, 9.17) is 28.2 Å². The summed E-state index contributed by atoms with van der Waals surface area (Å²) in [5.74, 6) is 1.05. The molecule has 0 bridgehead atoms. The lowest BCUT2D eigenvalue weighted by molar-refractivity contribution is -0.117. The number of hydrogen-bond acceptors (Lipinski definition) is 2. The first kappa shape index (κ1) is 20.1. The van der Waals surface area contributed by atoms with E-state index in [1.165, 1.54) is 0 Å². The molecule has 1 aliphatic rings. The van der Waals surface area contributed by atoms with Gasteiger partial charge in [-0.1, -0.05) is 59.6 Å². The SMILES string of the molecule is Cc1ccccc1N1CC(c2nc3ccccc3n2Cc2ccc(Cl)cc2Cl)CC1=O. The molecule has 0 saturated carbocycles. The number of hydrogen-bond donors (Lipinski definition) is 0. The zero-order valence-electron chi connectivity index (χ0n) is 17.1. The van der Waals surface area contributed by atoms with Crippen molar-refractivity contribution in [2.75, 3.05) is 11.4 Å². The topological polar surface area (TPSA) is 38.1 Å². The van der Waals surface area contributed by atoms with Crippen LogP contribution in [-0.2, 0) is 11.3 Å². The Hall–Kier alpha value is -2.82. The summed E-state index contributed by atoms with van der Waals surface area (Å²) in [5, 5.41) is 1.24. The normalized spacial score (nSPS) is 16.4. The van der Waals surface area contributed by atoms with Gasteiger partial charge in [0, 0.05) is 34.6 Å². The number of imidazole rings is 1. The number of nitrogens with zero attached hydrogens (tertiary/aromatic N) is 3. The van der Waals surface area contributed by atoms with Crippen LogP contribution in [0.5, 0.6) is 0 Å². The number of benzene rings is 3. The van der Waals surface area contributed by atoms with Crippen LogP contribution in [0.2, 0.25) is 10.0 Å². The summed E-state index contributed by atoms with van der Waals surface area (Å²) in [6.45, 7) is 3.22. The maximum absolute atomic E-state index is 12.9. The maximum Gasteiger partial charge on any atom is 0.227 e. The van der Waals surface area contributed by atoms with Crippen LogP contribution in [-0.4, -0.2) is 22.0 Å². The van der Waals surface area contributed by atoms with E-state index in [0.717, 1.165) is 33.7 Å². The molecule has 1 fully saturated rings. The van der Waals surface area contributed by atoms with E-state index in [2.05, 4.69) is 10.6 Å². The van der Waals surface area contributed by atoms with Crippen molar-refractivity contribution in [1.29, 1.82) is 0 Å². The van der Waals surface area contributed by atoms with Gasteiger partial charge in [-0.2, -0.15) is 0 Å². The zero-order chi connectivity index (χ0) is 21.5. The van der Waals surface area contributed by atoms with Gasteiger partial charge in [0.2, 0.25) is 5.91 Å². The van der Waals surface area contributed by atoms with E-state index in [1.807, 2.05) is 66.4 Å². The Morgan fingerprint density at radius 2 is 1.81 bits per heavy atom. The first-order chi connectivity index (χ1) is 15.0. The number of halogens is 2. The lowest BCUT2D eigenvalue weighted by Crippen LogP contribution is -2.25. The Bertz CT molecular complexity index is 1300. The third-order valence-electron chi connectivity index (χ3n) is 5.92. The molecule has 31 heavy (non-hydrogen) atoms. The molecule has 1 saturated heterocycles. The molecular formula is C25H21Cl2N3O. The Balaban J connectivity index is 1.55. The predicted molar refractivity (Wildman–Crippen MR) is 126 cm³/mol. The molecule has 1 aliphatic heterocycles. The highest BCUT2D eigenvalue weighted by Crippen LogP contribution is 2.35. The second kappa shape index (κ2) is 8.03. The molecule has 1 atom stereocenters. The summed E-state index contributed by atoms with van der Waals surface area (Å²) in [5.41, 5.74) is 4.99. The molecule has 1 aromatic heterocycles. The van der Waals surface area contributed by atoms with Gasteiger partial charge in [0.25, 0.3) is 0 Å². The van der Waals surface area contributed by atoms with Gasteiger partial charge in [0.05, 0.1) is 17.6 Å². The average molecular weight is 450 g/mol. The van der Waals surface area contributed by atoms with Crippen LogP contribution in [0.15, 0.2) is 66.7 Å². The molecule has 6 heteroatoms. The Labute approximate surface area is 191 Å².